The van der Waals surface area contributed by atoms with E-state index in [-0.39, 0.29) is 60.0 Å². The number of hydrogen-bond acceptors (Lipinski definition) is 5. The number of rotatable bonds is 5. The van der Waals surface area contributed by atoms with Crippen LogP contribution in [0.2, 0.25) is 0 Å². The predicted octanol–water partition coefficient (Wildman–Crippen LogP) is 5.35. The van der Waals surface area contributed by atoms with Crippen molar-refractivity contribution in [2.75, 3.05) is 6.61 Å². The van der Waals surface area contributed by atoms with Crippen LogP contribution in [0.3, 0.4) is 0 Å². The fourth-order valence-electron chi connectivity index (χ4n) is 5.53. The number of carbonyl (C=O) groups excluding carboxylic acids is 3. The molecular formula is C28H32O5. The molecule has 0 unspecified atom stereocenters. The second kappa shape index (κ2) is 10.3. The molecule has 0 amide bonds. The van der Waals surface area contributed by atoms with E-state index in [1.807, 2.05) is 43.3 Å². The maximum Gasteiger partial charge on any atom is 0.338 e. The van der Waals surface area contributed by atoms with Crippen LogP contribution in [0.1, 0.15) is 60.2 Å². The van der Waals surface area contributed by atoms with Crippen LogP contribution in [0.25, 0.3) is 0 Å². The average molecular weight is 449 g/mol. The summed E-state index contributed by atoms with van der Waals surface area (Å²) in [5, 5.41) is 0. The summed E-state index contributed by atoms with van der Waals surface area (Å²) in [6.07, 6.45) is 2.59. The summed E-state index contributed by atoms with van der Waals surface area (Å²) in [5.41, 5.74) is 1.07. The molecule has 0 bridgehead atoms. The summed E-state index contributed by atoms with van der Waals surface area (Å²) >= 11 is 0. The Morgan fingerprint density at radius 3 is 2.09 bits per heavy atom. The number of benzene rings is 2. The Hall–Kier alpha value is -2.95. The topological polar surface area (TPSA) is 69.7 Å². The largest absolute Gasteiger partial charge is 0.462 e. The van der Waals surface area contributed by atoms with Gasteiger partial charge in [0.05, 0.1) is 17.7 Å². The van der Waals surface area contributed by atoms with Gasteiger partial charge in [0.15, 0.2) is 0 Å². The zero-order chi connectivity index (χ0) is 23.4. The third-order valence-corrected chi connectivity index (χ3v) is 7.55. The first-order valence-electron chi connectivity index (χ1n) is 11.9. The number of carbonyl (C=O) groups is 3. The van der Waals surface area contributed by atoms with Crippen LogP contribution < -0.4 is 0 Å². The van der Waals surface area contributed by atoms with Crippen LogP contribution in [0.5, 0.6) is 0 Å². The van der Waals surface area contributed by atoms with Gasteiger partial charge in [-0.05, 0) is 67.2 Å². The molecule has 2 aromatic rings. The van der Waals surface area contributed by atoms with Gasteiger partial charge < -0.3 is 9.47 Å². The van der Waals surface area contributed by atoms with Gasteiger partial charge in [-0.1, -0.05) is 50.2 Å². The van der Waals surface area contributed by atoms with E-state index in [1.165, 1.54) is 0 Å². The molecule has 33 heavy (non-hydrogen) atoms. The first kappa shape index (κ1) is 23.2. The van der Waals surface area contributed by atoms with E-state index >= 15 is 0 Å². The summed E-state index contributed by atoms with van der Waals surface area (Å²) in [5.74, 6) is 0.257. The zero-order valence-corrected chi connectivity index (χ0v) is 19.3. The standard InChI is InChI=1S/C28H32O5/c1-18-15-23-19(2)25(29)16-24(23)22(17-32-27(30)20-9-5-3-6-10-20)13-14-26(18)33-28(31)21-11-7-4-8-12-21/h3-12,18-19,22-24,26H,13-17H2,1-2H3/t18-,19-,22-,23+,24-,26-/m1/s1. The number of hydrogen-bond donors (Lipinski definition) is 0. The molecule has 0 heterocycles. The Balaban J connectivity index is 1.47. The van der Waals surface area contributed by atoms with Crippen LogP contribution in [0, 0.1) is 29.6 Å². The Morgan fingerprint density at radius 1 is 0.848 bits per heavy atom. The Morgan fingerprint density at radius 2 is 1.45 bits per heavy atom. The SMILES string of the molecule is C[C@@H]1C[C@@H]2[C@H](CC(=O)[C@@H]2C)[C@@H](COC(=O)c2ccccc2)CC[C@H]1OC(=O)c1ccccc1. The van der Waals surface area contributed by atoms with Crippen molar-refractivity contribution in [3.63, 3.8) is 0 Å². The molecule has 0 aliphatic heterocycles. The fraction of sp³-hybridized carbons (Fsp3) is 0.464. The third-order valence-electron chi connectivity index (χ3n) is 7.55. The number of ketones is 1. The van der Waals surface area contributed by atoms with Crippen LogP contribution in [-0.4, -0.2) is 30.4 Å². The van der Waals surface area contributed by atoms with Gasteiger partial charge >= 0.3 is 11.9 Å². The van der Waals surface area contributed by atoms with E-state index in [4.69, 9.17) is 9.47 Å². The second-order valence-corrected chi connectivity index (χ2v) is 9.61. The predicted molar refractivity (Wildman–Crippen MR) is 125 cm³/mol. The summed E-state index contributed by atoms with van der Waals surface area (Å²) < 4.78 is 11.6. The monoisotopic (exact) mass is 448 g/mol. The lowest BCUT2D eigenvalue weighted by Crippen LogP contribution is -2.36. The first-order valence-corrected chi connectivity index (χ1v) is 11.9. The van der Waals surface area contributed by atoms with Gasteiger partial charge in [-0.3, -0.25) is 4.79 Å². The van der Waals surface area contributed by atoms with Crippen molar-refractivity contribution >= 4 is 17.7 Å². The van der Waals surface area contributed by atoms with Crippen molar-refractivity contribution in [3.05, 3.63) is 71.8 Å². The highest BCUT2D eigenvalue weighted by molar-refractivity contribution is 5.90. The molecule has 2 aromatic carbocycles. The minimum Gasteiger partial charge on any atom is -0.462 e. The lowest BCUT2D eigenvalue weighted by Gasteiger charge is -2.37. The Labute approximate surface area is 195 Å². The fourth-order valence-corrected chi connectivity index (χ4v) is 5.53. The van der Waals surface area contributed by atoms with Crippen LogP contribution in [-0.2, 0) is 14.3 Å². The van der Waals surface area contributed by atoms with Crippen LogP contribution >= 0.6 is 0 Å². The van der Waals surface area contributed by atoms with Gasteiger partial charge in [-0.15, -0.1) is 0 Å². The minimum absolute atomic E-state index is 0.0200. The van der Waals surface area contributed by atoms with Gasteiger partial charge in [0.1, 0.15) is 11.9 Å². The van der Waals surface area contributed by atoms with Crippen LogP contribution in [0.4, 0.5) is 0 Å². The summed E-state index contributed by atoms with van der Waals surface area (Å²) in [7, 11) is 0. The van der Waals surface area contributed by atoms with Gasteiger partial charge in [0, 0.05) is 12.3 Å². The lowest BCUT2D eigenvalue weighted by molar-refractivity contribution is -0.120. The van der Waals surface area contributed by atoms with Gasteiger partial charge in [-0.25, -0.2) is 9.59 Å². The highest BCUT2D eigenvalue weighted by Crippen LogP contribution is 2.46. The molecule has 5 heteroatoms. The highest BCUT2D eigenvalue weighted by atomic mass is 16.5. The van der Waals surface area contributed by atoms with Crippen molar-refractivity contribution in [2.45, 2.75) is 45.6 Å². The molecule has 2 aliphatic carbocycles. The number of ether oxygens (including phenoxy) is 2. The van der Waals surface area contributed by atoms with E-state index in [0.29, 0.717) is 24.0 Å². The smallest absolute Gasteiger partial charge is 0.338 e. The minimum atomic E-state index is -0.341. The van der Waals surface area contributed by atoms with E-state index in [9.17, 15) is 14.4 Å². The van der Waals surface area contributed by atoms with Gasteiger partial charge in [0.2, 0.25) is 0 Å². The maximum absolute atomic E-state index is 12.7. The van der Waals surface area contributed by atoms with E-state index in [0.717, 1.165) is 12.8 Å². The molecule has 0 N–H and O–H groups in total. The zero-order valence-electron chi connectivity index (χ0n) is 19.3. The quantitative estimate of drug-likeness (QED) is 0.577. The van der Waals surface area contributed by atoms with Crippen LogP contribution in [0.15, 0.2) is 60.7 Å². The molecule has 0 spiro atoms. The Kier molecular flexibility index (Phi) is 7.26. The maximum atomic E-state index is 12.7. The molecule has 2 fully saturated rings. The van der Waals surface area contributed by atoms with E-state index in [2.05, 4.69) is 6.92 Å². The Bertz CT molecular complexity index is 970. The second-order valence-electron chi connectivity index (χ2n) is 9.61. The molecular weight excluding hydrogens is 416 g/mol. The van der Waals surface area contributed by atoms with Crippen molar-refractivity contribution < 1.29 is 23.9 Å². The van der Waals surface area contributed by atoms with Gasteiger partial charge in [0.25, 0.3) is 0 Å². The number of fused-ring (bicyclic) bond motifs is 1. The molecule has 174 valence electrons. The molecule has 0 radical (unpaired) electrons. The molecule has 5 nitrogen and oxygen atoms in total. The lowest BCUT2D eigenvalue weighted by atomic mass is 9.71. The van der Waals surface area contributed by atoms with Gasteiger partial charge in [-0.2, -0.15) is 0 Å². The molecule has 0 aromatic heterocycles. The summed E-state index contributed by atoms with van der Waals surface area (Å²) in [4.78, 5) is 37.9. The van der Waals surface area contributed by atoms with E-state index in [1.54, 1.807) is 24.3 Å². The molecule has 6 atom stereocenters. The molecule has 2 saturated carbocycles. The average Bonchev–Trinajstić information content (AvgIpc) is 3.11. The molecule has 4 rings (SSSR count). The summed E-state index contributed by atoms with van der Waals surface area (Å²) in [6, 6.07) is 18.0. The van der Waals surface area contributed by atoms with Crippen molar-refractivity contribution in [1.29, 1.82) is 0 Å². The van der Waals surface area contributed by atoms with E-state index < -0.39 is 0 Å². The normalized spacial score (nSPS) is 29.5. The number of esters is 2. The number of Topliss-reactive ketones (excluding diaryl/α,β-unsaturated/α-hetero) is 1. The first-order chi connectivity index (χ1) is 15.9. The molecule has 0 saturated heterocycles. The van der Waals surface area contributed by atoms with Crippen molar-refractivity contribution in [1.82, 2.24) is 0 Å². The van der Waals surface area contributed by atoms with Crippen molar-refractivity contribution in [3.8, 4) is 0 Å². The molecule has 2 aliphatic rings. The third kappa shape index (κ3) is 5.35. The van der Waals surface area contributed by atoms with Crippen molar-refractivity contribution in [2.24, 2.45) is 29.6 Å². The summed E-state index contributed by atoms with van der Waals surface area (Å²) in [6.45, 7) is 4.41. The highest BCUT2D eigenvalue weighted by Gasteiger charge is 2.46.